The van der Waals surface area contributed by atoms with Crippen LogP contribution in [0.2, 0.25) is 10.0 Å². The predicted octanol–water partition coefficient (Wildman–Crippen LogP) is 6.35. The molecule has 0 aliphatic carbocycles. The molecule has 0 aromatic heterocycles. The Hall–Kier alpha value is -0.910. The molecule has 2 rings (SSSR count). The Kier molecular flexibility index (Phi) is 5.07. The summed E-state index contributed by atoms with van der Waals surface area (Å²) >= 11 is 14.5. The van der Waals surface area contributed by atoms with Gasteiger partial charge in [0.1, 0.15) is 17.5 Å². The van der Waals surface area contributed by atoms with Crippen molar-refractivity contribution in [2.45, 2.75) is 13.0 Å². The van der Waals surface area contributed by atoms with Crippen molar-refractivity contribution in [1.82, 2.24) is 0 Å². The van der Waals surface area contributed by atoms with Crippen molar-refractivity contribution in [2.75, 3.05) is 5.32 Å². The maximum Gasteiger partial charge on any atom is 0.147 e. The Labute approximate surface area is 138 Å². The topological polar surface area (TPSA) is 12.0 Å². The highest BCUT2D eigenvalue weighted by atomic mass is 79.9. The van der Waals surface area contributed by atoms with E-state index in [1.54, 1.807) is 6.92 Å². The number of rotatable bonds is 3. The summed E-state index contributed by atoms with van der Waals surface area (Å²) in [5, 5.41) is 2.89. The molecule has 2 aromatic carbocycles. The number of benzene rings is 2. The number of nitrogens with one attached hydrogen (secondary N) is 1. The lowest BCUT2D eigenvalue weighted by Crippen LogP contribution is -2.09. The van der Waals surface area contributed by atoms with Gasteiger partial charge in [0, 0.05) is 11.1 Å². The molecule has 0 heterocycles. The van der Waals surface area contributed by atoms with E-state index in [2.05, 4.69) is 21.2 Å². The summed E-state index contributed by atoms with van der Waals surface area (Å²) in [6, 6.07) is 3.91. The summed E-state index contributed by atoms with van der Waals surface area (Å²) < 4.78 is 40.7. The van der Waals surface area contributed by atoms with E-state index in [1.165, 1.54) is 6.07 Å². The van der Waals surface area contributed by atoms with Gasteiger partial charge in [-0.25, -0.2) is 13.2 Å². The quantitative estimate of drug-likeness (QED) is 0.594. The average molecular weight is 399 g/mol. The third-order valence-electron chi connectivity index (χ3n) is 2.89. The summed E-state index contributed by atoms with van der Waals surface area (Å²) in [7, 11) is 0. The van der Waals surface area contributed by atoms with Crippen LogP contribution in [-0.2, 0) is 0 Å². The SMILES string of the molecule is CC(Nc1cc(F)c(Br)cc1F)c1cc(F)c(Cl)cc1Cl. The van der Waals surface area contributed by atoms with E-state index in [4.69, 9.17) is 23.2 Å². The minimum absolute atomic E-state index is 0.0220. The van der Waals surface area contributed by atoms with Crippen molar-refractivity contribution in [3.05, 3.63) is 61.8 Å². The Morgan fingerprint density at radius 2 is 1.62 bits per heavy atom. The van der Waals surface area contributed by atoms with Gasteiger partial charge in [0.15, 0.2) is 0 Å². The molecular weight excluding hydrogens is 390 g/mol. The van der Waals surface area contributed by atoms with Crippen LogP contribution >= 0.6 is 39.1 Å². The van der Waals surface area contributed by atoms with Crippen LogP contribution in [0.25, 0.3) is 0 Å². The number of hydrogen-bond acceptors (Lipinski definition) is 1. The lowest BCUT2D eigenvalue weighted by atomic mass is 10.1. The third-order valence-corrected chi connectivity index (χ3v) is 4.11. The van der Waals surface area contributed by atoms with E-state index in [0.717, 1.165) is 18.2 Å². The molecule has 7 heteroatoms. The molecular formula is C14H9BrCl2F3N. The van der Waals surface area contributed by atoms with Crippen molar-refractivity contribution in [2.24, 2.45) is 0 Å². The van der Waals surface area contributed by atoms with E-state index in [1.807, 2.05) is 0 Å². The first-order chi connectivity index (χ1) is 9.79. The van der Waals surface area contributed by atoms with Crippen LogP contribution in [0.3, 0.4) is 0 Å². The lowest BCUT2D eigenvalue weighted by Gasteiger charge is -2.18. The van der Waals surface area contributed by atoms with Crippen LogP contribution in [0.1, 0.15) is 18.5 Å². The van der Waals surface area contributed by atoms with Gasteiger partial charge in [-0.05, 0) is 46.6 Å². The molecule has 0 aliphatic heterocycles. The van der Waals surface area contributed by atoms with Crippen LogP contribution in [0.5, 0.6) is 0 Å². The van der Waals surface area contributed by atoms with Crippen molar-refractivity contribution in [3.63, 3.8) is 0 Å². The smallest absolute Gasteiger partial charge is 0.147 e. The number of halogens is 6. The monoisotopic (exact) mass is 397 g/mol. The van der Waals surface area contributed by atoms with Crippen molar-refractivity contribution in [3.8, 4) is 0 Å². The van der Waals surface area contributed by atoms with Gasteiger partial charge in [0.2, 0.25) is 0 Å². The van der Waals surface area contributed by atoms with E-state index in [9.17, 15) is 13.2 Å². The maximum atomic E-state index is 13.8. The Balaban J connectivity index is 2.32. The zero-order valence-corrected chi connectivity index (χ0v) is 13.8. The number of anilines is 1. The van der Waals surface area contributed by atoms with Crippen LogP contribution in [-0.4, -0.2) is 0 Å². The summed E-state index contributed by atoms with van der Waals surface area (Å²) in [4.78, 5) is 0. The second kappa shape index (κ2) is 6.46. The summed E-state index contributed by atoms with van der Waals surface area (Å²) in [6.07, 6.45) is 0. The average Bonchev–Trinajstić information content (AvgIpc) is 2.40. The molecule has 112 valence electrons. The highest BCUT2D eigenvalue weighted by Gasteiger charge is 2.16. The zero-order valence-electron chi connectivity index (χ0n) is 10.7. The van der Waals surface area contributed by atoms with Crippen molar-refractivity contribution >= 4 is 44.8 Å². The molecule has 0 bridgehead atoms. The van der Waals surface area contributed by atoms with E-state index in [-0.39, 0.29) is 20.2 Å². The molecule has 0 fully saturated rings. The largest absolute Gasteiger partial charge is 0.376 e. The first-order valence-corrected chi connectivity index (χ1v) is 7.40. The second-order valence-electron chi connectivity index (χ2n) is 4.40. The van der Waals surface area contributed by atoms with E-state index in [0.29, 0.717) is 5.56 Å². The molecule has 0 amide bonds. The van der Waals surface area contributed by atoms with E-state index >= 15 is 0 Å². The van der Waals surface area contributed by atoms with Crippen LogP contribution in [0, 0.1) is 17.5 Å². The third kappa shape index (κ3) is 3.65. The minimum atomic E-state index is -0.638. The summed E-state index contributed by atoms with van der Waals surface area (Å²) in [5.74, 6) is -1.88. The van der Waals surface area contributed by atoms with Gasteiger partial charge in [-0.3, -0.25) is 0 Å². The van der Waals surface area contributed by atoms with Gasteiger partial charge in [-0.15, -0.1) is 0 Å². The van der Waals surface area contributed by atoms with E-state index < -0.39 is 23.5 Å². The normalized spacial score (nSPS) is 12.3. The Morgan fingerprint density at radius 1 is 0.952 bits per heavy atom. The lowest BCUT2D eigenvalue weighted by molar-refractivity contribution is 0.594. The fourth-order valence-electron chi connectivity index (χ4n) is 1.81. The van der Waals surface area contributed by atoms with Gasteiger partial charge >= 0.3 is 0 Å². The van der Waals surface area contributed by atoms with Crippen LogP contribution in [0.15, 0.2) is 28.7 Å². The first-order valence-electron chi connectivity index (χ1n) is 5.85. The molecule has 0 spiro atoms. The molecule has 0 radical (unpaired) electrons. The van der Waals surface area contributed by atoms with Gasteiger partial charge in [-0.1, -0.05) is 23.2 Å². The minimum Gasteiger partial charge on any atom is -0.376 e. The standard InChI is InChI=1S/C14H9BrCl2F3N/c1-6(7-2-12(19)10(17)4-9(7)16)21-14-5-11(18)8(15)3-13(14)20/h2-6,21H,1H3. The highest BCUT2D eigenvalue weighted by molar-refractivity contribution is 9.10. The summed E-state index contributed by atoms with van der Waals surface area (Å²) in [6.45, 7) is 1.65. The molecule has 0 aliphatic rings. The van der Waals surface area contributed by atoms with Crippen molar-refractivity contribution in [1.29, 1.82) is 0 Å². The van der Waals surface area contributed by atoms with Gasteiger partial charge in [0.05, 0.1) is 21.2 Å². The molecule has 1 N–H and O–H groups in total. The molecule has 1 atom stereocenters. The molecule has 21 heavy (non-hydrogen) atoms. The zero-order chi connectivity index (χ0) is 15.7. The Morgan fingerprint density at radius 3 is 2.29 bits per heavy atom. The van der Waals surface area contributed by atoms with Crippen LogP contribution in [0.4, 0.5) is 18.9 Å². The van der Waals surface area contributed by atoms with Crippen LogP contribution < -0.4 is 5.32 Å². The predicted molar refractivity (Wildman–Crippen MR) is 82.5 cm³/mol. The highest BCUT2D eigenvalue weighted by Crippen LogP contribution is 2.32. The molecule has 2 aromatic rings. The molecule has 1 nitrogen and oxygen atoms in total. The van der Waals surface area contributed by atoms with Gasteiger partial charge < -0.3 is 5.32 Å². The fourth-order valence-corrected chi connectivity index (χ4v) is 2.68. The van der Waals surface area contributed by atoms with Crippen molar-refractivity contribution < 1.29 is 13.2 Å². The van der Waals surface area contributed by atoms with Gasteiger partial charge in [0.25, 0.3) is 0 Å². The van der Waals surface area contributed by atoms with Gasteiger partial charge in [-0.2, -0.15) is 0 Å². The first kappa shape index (κ1) is 16.5. The second-order valence-corrected chi connectivity index (χ2v) is 6.07. The molecule has 0 saturated heterocycles. The number of hydrogen-bond donors (Lipinski definition) is 1. The maximum absolute atomic E-state index is 13.8. The summed E-state index contributed by atoms with van der Waals surface area (Å²) in [5.41, 5.74) is 0.343. The molecule has 0 saturated carbocycles. The Bertz CT molecular complexity index is 694. The fraction of sp³-hybridized carbons (Fsp3) is 0.143. The molecule has 1 unspecified atom stereocenters.